The molecule has 2 aromatic rings. The Balaban J connectivity index is 2.67. The average Bonchev–Trinajstić information content (AvgIpc) is 2.28. The Hall–Kier alpha value is -1.39. The van der Waals surface area contributed by atoms with Crippen molar-refractivity contribution in [2.24, 2.45) is 0 Å². The van der Waals surface area contributed by atoms with Gasteiger partial charge in [0.25, 0.3) is 0 Å². The minimum Gasteiger partial charge on any atom is -0.210 e. The first-order chi connectivity index (χ1) is 7.13. The first-order valence-electron chi connectivity index (χ1n) is 4.41. The molecule has 15 heavy (non-hydrogen) atoms. The van der Waals surface area contributed by atoms with Crippen LogP contribution in [0.2, 0.25) is 0 Å². The van der Waals surface area contributed by atoms with Crippen LogP contribution in [-0.4, -0.2) is 8.42 Å². The Bertz CT molecular complexity index is 590. The average molecular weight is 220 g/mol. The number of benzene rings is 2. The van der Waals surface area contributed by atoms with Gasteiger partial charge in [0.15, 0.2) is 0 Å². The van der Waals surface area contributed by atoms with Gasteiger partial charge in [0.1, 0.15) is 0 Å². The van der Waals surface area contributed by atoms with Crippen LogP contribution in [0.1, 0.15) is 0 Å². The lowest BCUT2D eigenvalue weighted by molar-refractivity contribution is 0.590. The first kappa shape index (κ1) is 10.1. The highest BCUT2D eigenvalue weighted by Gasteiger charge is 2.10. The van der Waals surface area contributed by atoms with Crippen molar-refractivity contribution in [3.05, 3.63) is 49.5 Å². The highest BCUT2D eigenvalue weighted by Crippen LogP contribution is 2.18. The number of fused-ring (bicyclic) bond motifs is 1. The van der Waals surface area contributed by atoms with E-state index in [1.807, 2.05) is 29.0 Å². The minimum atomic E-state index is -3.45. The molecule has 0 heterocycles. The Morgan fingerprint density at radius 1 is 1.00 bits per heavy atom. The van der Waals surface area contributed by atoms with Crippen LogP contribution in [0.3, 0.4) is 0 Å². The van der Waals surface area contributed by atoms with Gasteiger partial charge in [0.2, 0.25) is 10.0 Å². The fraction of sp³-hybridized carbons (Fsp3) is 0. The van der Waals surface area contributed by atoms with Crippen molar-refractivity contribution in [1.29, 1.82) is 0 Å². The summed E-state index contributed by atoms with van der Waals surface area (Å²) in [5.41, 5.74) is 0. The van der Waals surface area contributed by atoms with Gasteiger partial charge in [-0.3, -0.25) is 0 Å². The molecule has 0 spiro atoms. The van der Waals surface area contributed by atoms with Crippen molar-refractivity contribution in [3.8, 4) is 0 Å². The van der Waals surface area contributed by atoms with Gasteiger partial charge in [-0.1, -0.05) is 30.3 Å². The van der Waals surface area contributed by atoms with E-state index in [2.05, 4.69) is 7.05 Å². The van der Waals surface area contributed by atoms with Gasteiger partial charge in [0, 0.05) is 7.05 Å². The summed E-state index contributed by atoms with van der Waals surface area (Å²) in [6.07, 6.45) is 0. The zero-order chi connectivity index (χ0) is 10.9. The maximum atomic E-state index is 11.5. The second-order valence-corrected chi connectivity index (χ2v) is 4.92. The van der Waals surface area contributed by atoms with E-state index in [4.69, 9.17) is 0 Å². The van der Waals surface area contributed by atoms with E-state index in [9.17, 15) is 8.42 Å². The van der Waals surface area contributed by atoms with Crippen LogP contribution in [0.5, 0.6) is 0 Å². The summed E-state index contributed by atoms with van der Waals surface area (Å²) in [5.74, 6) is 0. The predicted molar refractivity (Wildman–Crippen MR) is 59.6 cm³/mol. The first-order valence-corrected chi connectivity index (χ1v) is 5.89. The van der Waals surface area contributed by atoms with Crippen LogP contribution in [-0.2, 0) is 10.0 Å². The molecule has 0 bridgehead atoms. The van der Waals surface area contributed by atoms with E-state index in [1.54, 1.807) is 18.2 Å². The maximum Gasteiger partial charge on any atom is 0.240 e. The van der Waals surface area contributed by atoms with E-state index in [0.717, 1.165) is 10.8 Å². The molecule has 0 aromatic heterocycles. The van der Waals surface area contributed by atoms with Gasteiger partial charge in [-0.15, -0.1) is 0 Å². The Kier molecular flexibility index (Phi) is 2.46. The summed E-state index contributed by atoms with van der Waals surface area (Å²) in [6, 6.07) is 12.6. The summed E-state index contributed by atoms with van der Waals surface area (Å²) in [7, 11) is -0.275. The van der Waals surface area contributed by atoms with Crippen molar-refractivity contribution in [2.75, 3.05) is 0 Å². The molecule has 0 fully saturated rings. The van der Waals surface area contributed by atoms with Crippen molar-refractivity contribution >= 4 is 20.8 Å². The van der Waals surface area contributed by atoms with Crippen LogP contribution < -0.4 is 4.72 Å². The molecule has 77 valence electrons. The van der Waals surface area contributed by atoms with Crippen LogP contribution in [0.4, 0.5) is 0 Å². The lowest BCUT2D eigenvalue weighted by atomic mass is 10.1. The van der Waals surface area contributed by atoms with Crippen LogP contribution in [0.15, 0.2) is 47.4 Å². The standard InChI is InChI=1S/C11H10NO2S/c1-12-15(13,14)11-7-6-9-4-2-3-5-10(9)8-11/h2-8,12H,1H2. The van der Waals surface area contributed by atoms with Gasteiger partial charge in [-0.25, -0.2) is 13.1 Å². The largest absolute Gasteiger partial charge is 0.240 e. The molecule has 2 aromatic carbocycles. The van der Waals surface area contributed by atoms with E-state index < -0.39 is 10.0 Å². The highest BCUT2D eigenvalue weighted by atomic mass is 32.2. The van der Waals surface area contributed by atoms with Gasteiger partial charge in [-0.05, 0) is 22.9 Å². The van der Waals surface area contributed by atoms with Crippen molar-refractivity contribution in [2.45, 2.75) is 4.90 Å². The molecule has 0 aliphatic rings. The summed E-state index contributed by atoms with van der Waals surface area (Å²) in [6.45, 7) is 0. The second-order valence-electron chi connectivity index (χ2n) is 3.16. The third-order valence-electron chi connectivity index (χ3n) is 2.22. The van der Waals surface area contributed by atoms with Crippen molar-refractivity contribution in [3.63, 3.8) is 0 Å². The van der Waals surface area contributed by atoms with Gasteiger partial charge in [0.05, 0.1) is 4.90 Å². The number of hydrogen-bond donors (Lipinski definition) is 1. The molecule has 0 saturated carbocycles. The zero-order valence-electron chi connectivity index (χ0n) is 7.97. The maximum absolute atomic E-state index is 11.5. The fourth-order valence-electron chi connectivity index (χ4n) is 1.42. The predicted octanol–water partition coefficient (Wildman–Crippen LogP) is 1.91. The summed E-state index contributed by atoms with van der Waals surface area (Å²) in [5, 5.41) is 1.91. The number of hydrogen-bond acceptors (Lipinski definition) is 2. The monoisotopic (exact) mass is 220 g/mol. The molecular formula is C11H10NO2S. The summed E-state index contributed by atoms with van der Waals surface area (Å²) >= 11 is 0. The molecule has 2 rings (SSSR count). The second kappa shape index (κ2) is 3.64. The highest BCUT2D eigenvalue weighted by molar-refractivity contribution is 7.89. The number of rotatable bonds is 2. The normalized spacial score (nSPS) is 11.8. The molecule has 0 unspecified atom stereocenters. The minimum absolute atomic E-state index is 0.233. The molecule has 1 radical (unpaired) electrons. The molecule has 0 aliphatic heterocycles. The lowest BCUT2D eigenvalue weighted by Gasteiger charge is -2.03. The van der Waals surface area contributed by atoms with Gasteiger partial charge in [-0.2, -0.15) is 0 Å². The quantitative estimate of drug-likeness (QED) is 0.840. The van der Waals surface area contributed by atoms with E-state index in [0.29, 0.717) is 0 Å². The fourth-order valence-corrected chi connectivity index (χ4v) is 2.11. The molecule has 0 atom stereocenters. The van der Waals surface area contributed by atoms with Gasteiger partial charge < -0.3 is 0 Å². The van der Waals surface area contributed by atoms with Crippen LogP contribution in [0.25, 0.3) is 10.8 Å². The molecule has 4 heteroatoms. The van der Waals surface area contributed by atoms with Crippen molar-refractivity contribution < 1.29 is 8.42 Å². The molecule has 0 saturated heterocycles. The smallest absolute Gasteiger partial charge is 0.210 e. The third-order valence-corrected chi connectivity index (χ3v) is 3.48. The van der Waals surface area contributed by atoms with Gasteiger partial charge >= 0.3 is 0 Å². The summed E-state index contributed by atoms with van der Waals surface area (Å²) < 4.78 is 25.0. The van der Waals surface area contributed by atoms with Crippen LogP contribution in [0, 0.1) is 7.05 Å². The van der Waals surface area contributed by atoms with E-state index in [-0.39, 0.29) is 4.90 Å². The van der Waals surface area contributed by atoms with Crippen LogP contribution >= 0.6 is 0 Å². The van der Waals surface area contributed by atoms with E-state index >= 15 is 0 Å². The van der Waals surface area contributed by atoms with Crippen molar-refractivity contribution in [1.82, 2.24) is 4.72 Å². The molecule has 0 aliphatic carbocycles. The summed E-state index contributed by atoms with van der Waals surface area (Å²) in [4.78, 5) is 0.233. The Labute approximate surface area is 88.8 Å². The Morgan fingerprint density at radius 2 is 1.67 bits per heavy atom. The molecule has 1 N–H and O–H groups in total. The number of nitrogens with one attached hydrogen (secondary N) is 1. The number of sulfonamides is 1. The topological polar surface area (TPSA) is 46.2 Å². The third kappa shape index (κ3) is 1.86. The van der Waals surface area contributed by atoms with E-state index in [1.165, 1.54) is 0 Å². The molecular weight excluding hydrogens is 210 g/mol. The lowest BCUT2D eigenvalue weighted by Crippen LogP contribution is -2.16. The molecule has 3 nitrogen and oxygen atoms in total. The SMILES string of the molecule is [CH2]NS(=O)(=O)c1ccc2ccccc2c1. The zero-order valence-corrected chi connectivity index (χ0v) is 8.79. The Morgan fingerprint density at radius 3 is 2.33 bits per heavy atom. The molecule has 0 amide bonds.